The lowest BCUT2D eigenvalue weighted by atomic mass is 10.2. The molecule has 0 atom stereocenters. The minimum atomic E-state index is -4.53. The van der Waals surface area contributed by atoms with Crippen LogP contribution >= 0.6 is 0 Å². The topological polar surface area (TPSA) is 78.5 Å². The third-order valence-corrected chi connectivity index (χ3v) is 2.68. The zero-order chi connectivity index (χ0) is 15.6. The van der Waals surface area contributed by atoms with Gasteiger partial charge in [0.15, 0.2) is 0 Å². The smallest absolute Gasteiger partial charge is 0.308 e. The summed E-state index contributed by atoms with van der Waals surface area (Å²) in [6.07, 6.45) is -4.53. The summed E-state index contributed by atoms with van der Waals surface area (Å²) in [4.78, 5) is 35.0. The van der Waals surface area contributed by atoms with E-state index in [0.717, 1.165) is 23.1 Å². The Morgan fingerprint density at radius 3 is 2.38 bits per heavy atom. The van der Waals surface area contributed by atoms with Gasteiger partial charge in [-0.05, 0) is 18.2 Å². The Balaban J connectivity index is 2.09. The summed E-state index contributed by atoms with van der Waals surface area (Å²) in [7, 11) is 0. The quantitative estimate of drug-likeness (QED) is 0.765. The highest BCUT2D eigenvalue weighted by atomic mass is 19.4. The minimum Gasteiger partial charge on any atom is -0.308 e. The molecule has 0 spiro atoms. The lowest BCUT2D eigenvalue weighted by molar-refractivity contribution is -0.137. The zero-order valence-electron chi connectivity index (χ0n) is 10.5. The van der Waals surface area contributed by atoms with Crippen LogP contribution in [-0.2, 0) is 15.8 Å². The van der Waals surface area contributed by atoms with Crippen molar-refractivity contribution in [2.45, 2.75) is 6.18 Å². The predicted molar refractivity (Wildman–Crippen MR) is 65.2 cm³/mol. The molecule has 0 saturated carbocycles. The number of rotatable bonds is 1. The van der Waals surface area contributed by atoms with Gasteiger partial charge >= 0.3 is 12.2 Å². The van der Waals surface area contributed by atoms with Gasteiger partial charge in [0, 0.05) is 5.69 Å². The van der Waals surface area contributed by atoms with E-state index in [9.17, 15) is 27.6 Å². The summed E-state index contributed by atoms with van der Waals surface area (Å²) in [6.45, 7) is -0.674. The Bertz CT molecular complexity index is 585. The van der Waals surface area contributed by atoms with Crippen LogP contribution in [0.1, 0.15) is 5.56 Å². The monoisotopic (exact) mass is 301 g/mol. The number of imide groups is 1. The average molecular weight is 301 g/mol. The van der Waals surface area contributed by atoms with E-state index < -0.39 is 29.6 Å². The number of amides is 4. The van der Waals surface area contributed by atoms with Crippen LogP contribution in [0.2, 0.25) is 0 Å². The first kappa shape index (κ1) is 14.8. The number of nitrogens with zero attached hydrogens (tertiary/aromatic N) is 1. The highest BCUT2D eigenvalue weighted by Gasteiger charge is 2.31. The van der Waals surface area contributed by atoms with Crippen LogP contribution in [0, 0.1) is 0 Å². The summed E-state index contributed by atoms with van der Waals surface area (Å²) >= 11 is 0. The molecule has 9 heteroatoms. The van der Waals surface area contributed by atoms with Gasteiger partial charge in [-0.2, -0.15) is 13.2 Å². The number of hydrogen-bond acceptors (Lipinski definition) is 3. The molecule has 1 aliphatic rings. The molecule has 4 amide bonds. The molecule has 1 fully saturated rings. The Hall–Kier alpha value is -2.58. The molecule has 1 heterocycles. The molecular weight excluding hydrogens is 291 g/mol. The number of halogens is 3. The number of benzene rings is 1. The largest absolute Gasteiger partial charge is 0.416 e. The maximum atomic E-state index is 12.5. The van der Waals surface area contributed by atoms with Gasteiger partial charge in [0.25, 0.3) is 0 Å². The van der Waals surface area contributed by atoms with E-state index in [1.165, 1.54) is 6.07 Å². The molecule has 0 bridgehead atoms. The number of carbonyl (C=O) groups excluding carboxylic acids is 3. The van der Waals surface area contributed by atoms with Crippen molar-refractivity contribution in [3.63, 3.8) is 0 Å². The first-order chi connectivity index (χ1) is 9.75. The van der Waals surface area contributed by atoms with Crippen LogP contribution in [0.3, 0.4) is 0 Å². The second-order valence-corrected chi connectivity index (χ2v) is 4.34. The van der Waals surface area contributed by atoms with E-state index in [1.807, 2.05) is 5.32 Å². The van der Waals surface area contributed by atoms with E-state index in [-0.39, 0.29) is 18.8 Å². The minimum absolute atomic E-state index is 0.0757. The number of piperazine rings is 1. The van der Waals surface area contributed by atoms with Crippen molar-refractivity contribution in [1.82, 2.24) is 10.2 Å². The summed E-state index contributed by atoms with van der Waals surface area (Å²) in [5.74, 6) is -1.30. The molecule has 0 aromatic heterocycles. The van der Waals surface area contributed by atoms with Crippen molar-refractivity contribution < 1.29 is 27.6 Å². The SMILES string of the molecule is O=C1CN(C(=O)Nc2cccc(C(F)(F)F)c2)CC(=O)N1. The Morgan fingerprint density at radius 2 is 1.81 bits per heavy atom. The van der Waals surface area contributed by atoms with Gasteiger partial charge in [0.1, 0.15) is 13.1 Å². The highest BCUT2D eigenvalue weighted by molar-refractivity contribution is 6.04. The van der Waals surface area contributed by atoms with Gasteiger partial charge in [-0.25, -0.2) is 4.79 Å². The molecule has 0 radical (unpaired) electrons. The molecule has 2 N–H and O–H groups in total. The lowest BCUT2D eigenvalue weighted by Gasteiger charge is -2.25. The summed E-state index contributed by atoms with van der Waals surface area (Å²) in [5.41, 5.74) is -0.985. The molecule has 6 nitrogen and oxygen atoms in total. The predicted octanol–water partition coefficient (Wildman–Crippen LogP) is 1.20. The Kier molecular flexibility index (Phi) is 3.83. The van der Waals surface area contributed by atoms with Gasteiger partial charge in [-0.1, -0.05) is 6.07 Å². The second-order valence-electron chi connectivity index (χ2n) is 4.34. The van der Waals surface area contributed by atoms with Gasteiger partial charge in [-0.15, -0.1) is 0 Å². The number of alkyl halides is 3. The fourth-order valence-corrected chi connectivity index (χ4v) is 1.76. The van der Waals surface area contributed by atoms with Crippen molar-refractivity contribution in [1.29, 1.82) is 0 Å². The average Bonchev–Trinajstić information content (AvgIpc) is 2.37. The van der Waals surface area contributed by atoms with Gasteiger partial charge in [0.2, 0.25) is 11.8 Å². The molecule has 112 valence electrons. The number of anilines is 1. The summed E-state index contributed by atoms with van der Waals surface area (Å²) < 4.78 is 37.6. The zero-order valence-corrected chi connectivity index (χ0v) is 10.5. The van der Waals surface area contributed by atoms with Crippen LogP contribution in [0.15, 0.2) is 24.3 Å². The van der Waals surface area contributed by atoms with Crippen molar-refractivity contribution in [2.75, 3.05) is 18.4 Å². The summed E-state index contributed by atoms with van der Waals surface area (Å²) in [6, 6.07) is 3.24. The molecule has 1 saturated heterocycles. The van der Waals surface area contributed by atoms with Crippen LogP contribution in [0.25, 0.3) is 0 Å². The second kappa shape index (κ2) is 5.43. The third kappa shape index (κ3) is 3.71. The van der Waals surface area contributed by atoms with Gasteiger partial charge in [0.05, 0.1) is 5.56 Å². The van der Waals surface area contributed by atoms with E-state index in [4.69, 9.17) is 0 Å². The van der Waals surface area contributed by atoms with E-state index >= 15 is 0 Å². The molecule has 1 aromatic rings. The van der Waals surface area contributed by atoms with Crippen molar-refractivity contribution >= 4 is 23.5 Å². The fraction of sp³-hybridized carbons (Fsp3) is 0.250. The lowest BCUT2D eigenvalue weighted by Crippen LogP contribution is -2.54. The first-order valence-electron chi connectivity index (χ1n) is 5.81. The van der Waals surface area contributed by atoms with Crippen LogP contribution in [0.5, 0.6) is 0 Å². The van der Waals surface area contributed by atoms with Crippen LogP contribution < -0.4 is 10.6 Å². The van der Waals surface area contributed by atoms with Crippen molar-refractivity contribution in [3.05, 3.63) is 29.8 Å². The number of hydrogen-bond donors (Lipinski definition) is 2. The molecule has 21 heavy (non-hydrogen) atoms. The molecule has 2 rings (SSSR count). The van der Waals surface area contributed by atoms with Gasteiger partial charge in [-0.3, -0.25) is 14.9 Å². The van der Waals surface area contributed by atoms with Crippen molar-refractivity contribution in [2.24, 2.45) is 0 Å². The first-order valence-corrected chi connectivity index (χ1v) is 5.81. The van der Waals surface area contributed by atoms with Crippen LogP contribution in [0.4, 0.5) is 23.7 Å². The fourth-order valence-electron chi connectivity index (χ4n) is 1.76. The maximum Gasteiger partial charge on any atom is 0.416 e. The molecular formula is C12H10F3N3O3. The van der Waals surface area contributed by atoms with Crippen molar-refractivity contribution in [3.8, 4) is 0 Å². The van der Waals surface area contributed by atoms with E-state index in [2.05, 4.69) is 5.32 Å². The Morgan fingerprint density at radius 1 is 1.19 bits per heavy atom. The highest BCUT2D eigenvalue weighted by Crippen LogP contribution is 2.30. The molecule has 1 aromatic carbocycles. The number of carbonyl (C=O) groups is 3. The van der Waals surface area contributed by atoms with E-state index in [1.54, 1.807) is 0 Å². The molecule has 0 aliphatic carbocycles. The third-order valence-electron chi connectivity index (χ3n) is 2.68. The normalized spacial score (nSPS) is 15.7. The number of urea groups is 1. The van der Waals surface area contributed by atoms with Crippen LogP contribution in [-0.4, -0.2) is 35.8 Å². The maximum absolute atomic E-state index is 12.5. The van der Waals surface area contributed by atoms with E-state index in [0.29, 0.717) is 0 Å². The number of nitrogens with one attached hydrogen (secondary N) is 2. The standard InChI is InChI=1S/C12H10F3N3O3/c13-12(14,15)7-2-1-3-8(4-7)16-11(21)18-5-9(19)17-10(20)6-18/h1-4H,5-6H2,(H,16,21)(H,17,19,20). The van der Waals surface area contributed by atoms with Gasteiger partial charge < -0.3 is 10.2 Å². The molecule has 0 unspecified atom stereocenters. The molecule has 1 aliphatic heterocycles. The Labute approximate surface area is 116 Å². The summed E-state index contributed by atoms with van der Waals surface area (Å²) in [5, 5.41) is 4.23.